The van der Waals surface area contributed by atoms with Gasteiger partial charge in [0.25, 0.3) is 0 Å². The molecule has 0 atom stereocenters. The fraction of sp³-hybridized carbons (Fsp3) is 0.417. The number of nitrogens with zero attached hydrogens (tertiary/aromatic N) is 1. The first kappa shape index (κ1) is 13.4. The van der Waals surface area contributed by atoms with Crippen LogP contribution in [0.15, 0.2) is 18.2 Å². The van der Waals surface area contributed by atoms with Gasteiger partial charge < -0.3 is 10.5 Å². The first-order valence-corrected chi connectivity index (χ1v) is 5.32. The fourth-order valence-electron chi connectivity index (χ4n) is 1.60. The van der Waals surface area contributed by atoms with E-state index in [-0.39, 0.29) is 18.3 Å². The molecule has 1 rings (SSSR count). The van der Waals surface area contributed by atoms with Crippen LogP contribution in [0.2, 0.25) is 0 Å². The molecular weight excluding hydrogens is 223 g/mol. The predicted octanol–water partition coefficient (Wildman–Crippen LogP) is 0.794. The normalized spacial score (nSPS) is 10.6. The van der Waals surface area contributed by atoms with Gasteiger partial charge in [-0.2, -0.15) is 0 Å². The third-order valence-electron chi connectivity index (χ3n) is 2.43. The Morgan fingerprint density at radius 2 is 2.24 bits per heavy atom. The largest absolute Gasteiger partial charge is 0.496 e. The van der Waals surface area contributed by atoms with E-state index in [0.717, 1.165) is 5.56 Å². The molecular formula is C12H17FN2O2. The predicted molar refractivity (Wildman–Crippen MR) is 63.3 cm³/mol. The molecule has 0 aliphatic heterocycles. The Hall–Kier alpha value is -1.62. The summed E-state index contributed by atoms with van der Waals surface area (Å²) in [7, 11) is 3.33. The summed E-state index contributed by atoms with van der Waals surface area (Å²) in [6.45, 7) is 0.806. The molecule has 0 fully saturated rings. The number of hydrogen-bond acceptors (Lipinski definition) is 3. The maximum Gasteiger partial charge on any atom is 0.231 e. The van der Waals surface area contributed by atoms with Crippen LogP contribution in [-0.4, -0.2) is 38.1 Å². The van der Waals surface area contributed by atoms with E-state index in [0.29, 0.717) is 18.7 Å². The molecule has 0 aromatic heterocycles. The molecule has 1 aromatic rings. The number of primary amides is 1. The summed E-state index contributed by atoms with van der Waals surface area (Å²) in [6, 6.07) is 4.39. The van der Waals surface area contributed by atoms with Crippen molar-refractivity contribution in [3.05, 3.63) is 29.6 Å². The lowest BCUT2D eigenvalue weighted by Crippen LogP contribution is -2.32. The van der Waals surface area contributed by atoms with E-state index in [9.17, 15) is 9.18 Å². The topological polar surface area (TPSA) is 55.6 Å². The minimum absolute atomic E-state index is 0.192. The van der Waals surface area contributed by atoms with E-state index < -0.39 is 0 Å². The molecule has 0 heterocycles. The van der Waals surface area contributed by atoms with Gasteiger partial charge in [-0.15, -0.1) is 0 Å². The number of rotatable bonds is 6. The van der Waals surface area contributed by atoms with Crippen molar-refractivity contribution in [3.8, 4) is 5.75 Å². The molecule has 0 unspecified atom stereocenters. The second-order valence-corrected chi connectivity index (χ2v) is 3.91. The van der Waals surface area contributed by atoms with Crippen molar-refractivity contribution in [1.82, 2.24) is 4.90 Å². The number of hydrogen-bond donors (Lipinski definition) is 1. The first-order valence-electron chi connectivity index (χ1n) is 5.32. The van der Waals surface area contributed by atoms with Gasteiger partial charge in [0.1, 0.15) is 11.6 Å². The molecule has 0 radical (unpaired) electrons. The lowest BCUT2D eigenvalue weighted by molar-refractivity contribution is -0.118. The highest BCUT2D eigenvalue weighted by atomic mass is 19.1. The van der Waals surface area contributed by atoms with Crippen LogP contribution >= 0.6 is 0 Å². The van der Waals surface area contributed by atoms with Gasteiger partial charge in [0.15, 0.2) is 0 Å². The smallest absolute Gasteiger partial charge is 0.231 e. The van der Waals surface area contributed by atoms with Crippen LogP contribution in [0.25, 0.3) is 0 Å². The summed E-state index contributed by atoms with van der Waals surface area (Å²) >= 11 is 0. The second-order valence-electron chi connectivity index (χ2n) is 3.91. The van der Waals surface area contributed by atoms with Gasteiger partial charge in [0.05, 0.1) is 13.7 Å². The van der Waals surface area contributed by atoms with Crippen LogP contribution in [-0.2, 0) is 11.2 Å². The van der Waals surface area contributed by atoms with E-state index in [1.807, 2.05) is 0 Å². The zero-order valence-electron chi connectivity index (χ0n) is 10.1. The average molecular weight is 240 g/mol. The summed E-state index contributed by atoms with van der Waals surface area (Å²) in [5, 5.41) is 0. The number of carbonyl (C=O) groups is 1. The zero-order chi connectivity index (χ0) is 12.8. The van der Waals surface area contributed by atoms with Crippen LogP contribution in [0.5, 0.6) is 5.75 Å². The second kappa shape index (κ2) is 6.20. The molecule has 0 saturated carbocycles. The van der Waals surface area contributed by atoms with Crippen LogP contribution in [0.1, 0.15) is 5.56 Å². The molecule has 2 N–H and O–H groups in total. The highest BCUT2D eigenvalue weighted by Gasteiger charge is 2.07. The molecule has 1 amide bonds. The average Bonchev–Trinajstić information content (AvgIpc) is 2.25. The molecule has 0 saturated heterocycles. The molecule has 0 bridgehead atoms. The molecule has 4 nitrogen and oxygen atoms in total. The quantitative estimate of drug-likeness (QED) is 0.800. The zero-order valence-corrected chi connectivity index (χ0v) is 10.1. The van der Waals surface area contributed by atoms with Crippen molar-refractivity contribution >= 4 is 5.91 Å². The molecule has 1 aromatic carbocycles. The third-order valence-corrected chi connectivity index (χ3v) is 2.43. The highest BCUT2D eigenvalue weighted by Crippen LogP contribution is 2.19. The Kier molecular flexibility index (Phi) is 4.90. The SMILES string of the molecule is COc1ccc(F)cc1CCN(C)CC(N)=O. The lowest BCUT2D eigenvalue weighted by atomic mass is 10.1. The van der Waals surface area contributed by atoms with Crippen molar-refractivity contribution in [3.63, 3.8) is 0 Å². The number of methoxy groups -OCH3 is 1. The van der Waals surface area contributed by atoms with Crippen LogP contribution < -0.4 is 10.5 Å². The molecule has 5 heteroatoms. The van der Waals surface area contributed by atoms with Gasteiger partial charge in [-0.25, -0.2) is 4.39 Å². The highest BCUT2D eigenvalue weighted by molar-refractivity contribution is 5.75. The Bertz CT molecular complexity index is 396. The van der Waals surface area contributed by atoms with E-state index in [4.69, 9.17) is 10.5 Å². The number of ether oxygens (including phenoxy) is 1. The van der Waals surface area contributed by atoms with E-state index in [2.05, 4.69) is 0 Å². The Morgan fingerprint density at radius 1 is 1.53 bits per heavy atom. The minimum atomic E-state index is -0.376. The van der Waals surface area contributed by atoms with Gasteiger partial charge in [-0.3, -0.25) is 9.69 Å². The van der Waals surface area contributed by atoms with Crippen molar-refractivity contribution in [2.24, 2.45) is 5.73 Å². The minimum Gasteiger partial charge on any atom is -0.496 e. The number of amides is 1. The Labute approximate surface area is 100 Å². The summed E-state index contributed by atoms with van der Waals surface area (Å²) < 4.78 is 18.2. The van der Waals surface area contributed by atoms with Crippen LogP contribution in [0, 0.1) is 5.82 Å². The summed E-state index contributed by atoms with van der Waals surface area (Å²) in [4.78, 5) is 12.5. The van der Waals surface area contributed by atoms with Crippen LogP contribution in [0.3, 0.4) is 0 Å². The van der Waals surface area contributed by atoms with Crippen molar-refractivity contribution in [1.29, 1.82) is 0 Å². The maximum atomic E-state index is 13.1. The van der Waals surface area contributed by atoms with Crippen LogP contribution in [0.4, 0.5) is 4.39 Å². The van der Waals surface area contributed by atoms with E-state index in [1.165, 1.54) is 12.1 Å². The van der Waals surface area contributed by atoms with Crippen molar-refractivity contribution in [2.45, 2.75) is 6.42 Å². The number of likely N-dealkylation sites (N-methyl/N-ethyl adjacent to an activating group) is 1. The number of halogens is 1. The van der Waals surface area contributed by atoms with Gasteiger partial charge in [0.2, 0.25) is 5.91 Å². The Balaban J connectivity index is 2.61. The van der Waals surface area contributed by atoms with Crippen molar-refractivity contribution < 1.29 is 13.9 Å². The van der Waals surface area contributed by atoms with Gasteiger partial charge in [-0.05, 0) is 37.2 Å². The first-order chi connectivity index (χ1) is 8.02. The molecule has 94 valence electrons. The fourth-order valence-corrected chi connectivity index (χ4v) is 1.60. The lowest BCUT2D eigenvalue weighted by Gasteiger charge is -2.15. The number of carbonyl (C=O) groups excluding carboxylic acids is 1. The monoisotopic (exact) mass is 240 g/mol. The van der Waals surface area contributed by atoms with Gasteiger partial charge in [0, 0.05) is 6.54 Å². The molecule has 17 heavy (non-hydrogen) atoms. The number of nitrogens with two attached hydrogens (primary N) is 1. The Morgan fingerprint density at radius 3 is 2.82 bits per heavy atom. The maximum absolute atomic E-state index is 13.1. The van der Waals surface area contributed by atoms with Gasteiger partial charge in [-0.1, -0.05) is 0 Å². The third kappa shape index (κ3) is 4.40. The molecule has 0 spiro atoms. The van der Waals surface area contributed by atoms with Crippen molar-refractivity contribution in [2.75, 3.05) is 27.2 Å². The molecule has 0 aliphatic carbocycles. The number of benzene rings is 1. The van der Waals surface area contributed by atoms with E-state index >= 15 is 0 Å². The summed E-state index contributed by atoms with van der Waals surface area (Å²) in [6.07, 6.45) is 0.602. The summed E-state index contributed by atoms with van der Waals surface area (Å²) in [5.41, 5.74) is 5.86. The summed E-state index contributed by atoms with van der Waals surface area (Å²) in [5.74, 6) is -0.0177. The standard InChI is InChI=1S/C12H17FN2O2/c1-15(8-12(14)16)6-5-9-7-10(13)3-4-11(9)17-2/h3-4,7H,5-6,8H2,1-2H3,(H2,14,16). The van der Waals surface area contributed by atoms with Gasteiger partial charge >= 0.3 is 0 Å². The van der Waals surface area contributed by atoms with E-state index in [1.54, 1.807) is 25.1 Å². The molecule has 0 aliphatic rings.